The molecular weight excluding hydrogens is 458 g/mol. The molecule has 3 aromatic rings. The molecule has 0 bridgehead atoms. The fourth-order valence-electron chi connectivity index (χ4n) is 3.35. The number of carbonyl (C=O) groups is 2. The van der Waals surface area contributed by atoms with Gasteiger partial charge in [0.2, 0.25) is 0 Å². The van der Waals surface area contributed by atoms with Gasteiger partial charge < -0.3 is 9.47 Å². The molecule has 0 atom stereocenters. The van der Waals surface area contributed by atoms with Gasteiger partial charge in [-0.05, 0) is 54.1 Å². The van der Waals surface area contributed by atoms with Crippen LogP contribution in [0.5, 0.6) is 11.5 Å². The zero-order chi connectivity index (χ0) is 23.4. The quantitative estimate of drug-likeness (QED) is 0.363. The van der Waals surface area contributed by atoms with Crippen LogP contribution >= 0.6 is 23.4 Å². The van der Waals surface area contributed by atoms with Crippen molar-refractivity contribution in [1.82, 2.24) is 4.90 Å². The van der Waals surface area contributed by atoms with Crippen LogP contribution in [0.3, 0.4) is 0 Å². The molecule has 3 aromatic carbocycles. The average molecular weight is 480 g/mol. The fourth-order valence-corrected chi connectivity index (χ4v) is 4.31. The van der Waals surface area contributed by atoms with Crippen molar-refractivity contribution in [2.75, 3.05) is 7.11 Å². The lowest BCUT2D eigenvalue weighted by Gasteiger charge is -2.14. The minimum Gasteiger partial charge on any atom is -0.493 e. The summed E-state index contributed by atoms with van der Waals surface area (Å²) in [5.74, 6) is 0.717. The third kappa shape index (κ3) is 5.41. The van der Waals surface area contributed by atoms with Gasteiger partial charge in [-0.15, -0.1) is 0 Å². The Hall–Kier alpha value is -3.22. The van der Waals surface area contributed by atoms with E-state index < -0.39 is 0 Å². The molecule has 33 heavy (non-hydrogen) atoms. The molecule has 0 unspecified atom stereocenters. The van der Waals surface area contributed by atoms with Gasteiger partial charge >= 0.3 is 0 Å². The van der Waals surface area contributed by atoms with Gasteiger partial charge in [-0.25, -0.2) is 0 Å². The molecule has 7 heteroatoms. The van der Waals surface area contributed by atoms with Crippen molar-refractivity contribution >= 4 is 40.6 Å². The molecule has 168 valence electrons. The minimum absolute atomic E-state index is 0.236. The molecule has 0 aromatic heterocycles. The van der Waals surface area contributed by atoms with E-state index in [0.717, 1.165) is 28.5 Å². The molecule has 4 rings (SSSR count). The van der Waals surface area contributed by atoms with Crippen LogP contribution in [0.2, 0.25) is 5.02 Å². The second-order valence-corrected chi connectivity index (χ2v) is 8.98. The zero-order valence-corrected chi connectivity index (χ0v) is 19.8. The standard InChI is InChI=1S/C26H22ClNO4S/c1-17-6-8-18(9-7-17)15-28-25(29)23(33-26(28)30)14-20-4-3-5-22(31-2)24(20)32-16-19-10-12-21(27)13-11-19/h3-14H,15-16H2,1-2H3/b23-14-. The highest BCUT2D eigenvalue weighted by Gasteiger charge is 2.35. The number of aryl methyl sites for hydroxylation is 1. The summed E-state index contributed by atoms with van der Waals surface area (Å²) >= 11 is 6.88. The van der Waals surface area contributed by atoms with Gasteiger partial charge in [0, 0.05) is 10.6 Å². The number of rotatable bonds is 7. The monoisotopic (exact) mass is 479 g/mol. The number of hydrogen-bond acceptors (Lipinski definition) is 5. The highest BCUT2D eigenvalue weighted by Crippen LogP contribution is 2.38. The van der Waals surface area contributed by atoms with Crippen LogP contribution in [0, 0.1) is 6.92 Å². The van der Waals surface area contributed by atoms with E-state index in [4.69, 9.17) is 21.1 Å². The number of ether oxygens (including phenoxy) is 2. The third-order valence-electron chi connectivity index (χ3n) is 5.15. The van der Waals surface area contributed by atoms with Crippen molar-refractivity contribution < 1.29 is 19.1 Å². The Morgan fingerprint density at radius 2 is 1.67 bits per heavy atom. The molecule has 1 aliphatic heterocycles. The van der Waals surface area contributed by atoms with Crippen molar-refractivity contribution in [3.8, 4) is 11.5 Å². The van der Waals surface area contributed by atoms with Crippen LogP contribution in [-0.2, 0) is 17.9 Å². The van der Waals surface area contributed by atoms with Gasteiger partial charge in [-0.1, -0.05) is 65.7 Å². The summed E-state index contributed by atoms with van der Waals surface area (Å²) in [6.07, 6.45) is 1.68. The number of methoxy groups -OCH3 is 1. The first-order valence-electron chi connectivity index (χ1n) is 10.3. The summed E-state index contributed by atoms with van der Waals surface area (Å²) in [7, 11) is 1.56. The lowest BCUT2D eigenvalue weighted by atomic mass is 10.1. The molecule has 0 N–H and O–H groups in total. The van der Waals surface area contributed by atoms with Crippen LogP contribution in [0.25, 0.3) is 6.08 Å². The number of halogens is 1. The number of hydrogen-bond donors (Lipinski definition) is 0. The summed E-state index contributed by atoms with van der Waals surface area (Å²) in [5, 5.41) is 0.358. The molecule has 2 amide bonds. The largest absolute Gasteiger partial charge is 0.493 e. The van der Waals surface area contributed by atoms with E-state index >= 15 is 0 Å². The van der Waals surface area contributed by atoms with Crippen LogP contribution in [0.15, 0.2) is 71.6 Å². The molecule has 0 saturated carbocycles. The van der Waals surface area contributed by atoms with Crippen LogP contribution in [0.1, 0.15) is 22.3 Å². The Balaban J connectivity index is 1.57. The molecule has 5 nitrogen and oxygen atoms in total. The number of amides is 2. The van der Waals surface area contributed by atoms with E-state index in [-0.39, 0.29) is 17.7 Å². The predicted octanol–water partition coefficient (Wildman–Crippen LogP) is 6.47. The van der Waals surface area contributed by atoms with Crippen LogP contribution in [-0.4, -0.2) is 23.2 Å². The molecule has 1 aliphatic rings. The fraction of sp³-hybridized carbons (Fsp3) is 0.154. The molecule has 1 heterocycles. The van der Waals surface area contributed by atoms with Crippen molar-refractivity contribution in [1.29, 1.82) is 0 Å². The van der Waals surface area contributed by atoms with E-state index in [1.807, 2.05) is 55.5 Å². The normalized spacial score (nSPS) is 14.8. The molecule has 1 fully saturated rings. The van der Waals surface area contributed by atoms with Crippen LogP contribution in [0.4, 0.5) is 4.79 Å². The summed E-state index contributed by atoms with van der Waals surface area (Å²) in [6.45, 7) is 2.53. The number of benzene rings is 3. The highest BCUT2D eigenvalue weighted by atomic mass is 35.5. The SMILES string of the molecule is COc1cccc(/C=C2\SC(=O)N(Cc3ccc(C)cc3)C2=O)c1OCc1ccc(Cl)cc1. The van der Waals surface area contributed by atoms with E-state index in [0.29, 0.717) is 33.6 Å². The summed E-state index contributed by atoms with van der Waals surface area (Å²) in [5.41, 5.74) is 3.62. The first-order valence-corrected chi connectivity index (χ1v) is 11.5. The second kappa shape index (κ2) is 10.1. The van der Waals surface area contributed by atoms with Crippen molar-refractivity contribution in [3.63, 3.8) is 0 Å². The molecular formula is C26H22ClNO4S. The lowest BCUT2D eigenvalue weighted by molar-refractivity contribution is -0.123. The molecule has 0 spiro atoms. The Kier molecular flexibility index (Phi) is 7.06. The van der Waals surface area contributed by atoms with Crippen molar-refractivity contribution in [2.45, 2.75) is 20.1 Å². The second-order valence-electron chi connectivity index (χ2n) is 7.55. The van der Waals surface area contributed by atoms with Crippen molar-refractivity contribution in [2.24, 2.45) is 0 Å². The maximum atomic E-state index is 13.0. The smallest absolute Gasteiger partial charge is 0.293 e. The predicted molar refractivity (Wildman–Crippen MR) is 131 cm³/mol. The van der Waals surface area contributed by atoms with Crippen molar-refractivity contribution in [3.05, 3.63) is 98.9 Å². The summed E-state index contributed by atoms with van der Waals surface area (Å²) in [6, 6.07) is 20.6. The van der Waals surface area contributed by atoms with E-state index in [9.17, 15) is 9.59 Å². The topological polar surface area (TPSA) is 55.8 Å². The number of nitrogens with zero attached hydrogens (tertiary/aromatic N) is 1. The van der Waals surface area contributed by atoms with E-state index in [2.05, 4.69) is 0 Å². The highest BCUT2D eigenvalue weighted by molar-refractivity contribution is 8.18. The van der Waals surface area contributed by atoms with Gasteiger partial charge in [-0.3, -0.25) is 14.5 Å². The first-order chi connectivity index (χ1) is 15.9. The molecule has 0 aliphatic carbocycles. The number of para-hydroxylation sites is 1. The third-order valence-corrected chi connectivity index (χ3v) is 6.31. The number of carbonyl (C=O) groups excluding carboxylic acids is 2. The molecule has 1 saturated heterocycles. The Morgan fingerprint density at radius 3 is 2.36 bits per heavy atom. The lowest BCUT2D eigenvalue weighted by Crippen LogP contribution is -2.27. The maximum Gasteiger partial charge on any atom is 0.293 e. The van der Waals surface area contributed by atoms with Crippen LogP contribution < -0.4 is 9.47 Å². The number of imide groups is 1. The van der Waals surface area contributed by atoms with Gasteiger partial charge in [0.1, 0.15) is 6.61 Å². The van der Waals surface area contributed by atoms with E-state index in [1.165, 1.54) is 4.90 Å². The van der Waals surface area contributed by atoms with Gasteiger partial charge in [0.05, 0.1) is 18.6 Å². The first kappa shape index (κ1) is 23.0. The summed E-state index contributed by atoms with van der Waals surface area (Å²) in [4.78, 5) is 27.2. The Labute approximate surface area is 202 Å². The Bertz CT molecular complexity index is 1210. The zero-order valence-electron chi connectivity index (χ0n) is 18.2. The Morgan fingerprint density at radius 1 is 0.970 bits per heavy atom. The average Bonchev–Trinajstić information content (AvgIpc) is 3.07. The van der Waals surface area contributed by atoms with Gasteiger partial charge in [-0.2, -0.15) is 0 Å². The minimum atomic E-state index is -0.322. The van der Waals surface area contributed by atoms with Gasteiger partial charge in [0.25, 0.3) is 11.1 Å². The summed E-state index contributed by atoms with van der Waals surface area (Å²) < 4.78 is 11.5. The number of thioether (sulfide) groups is 1. The van der Waals surface area contributed by atoms with Gasteiger partial charge in [0.15, 0.2) is 11.5 Å². The maximum absolute atomic E-state index is 13.0. The molecule has 0 radical (unpaired) electrons. The van der Waals surface area contributed by atoms with E-state index in [1.54, 1.807) is 31.4 Å².